The van der Waals surface area contributed by atoms with Crippen LogP contribution in [-0.4, -0.2) is 9.97 Å². The zero-order chi connectivity index (χ0) is 35.0. The maximum Gasteiger partial charge on any atom is 0.0429 e. The average Bonchev–Trinajstić information content (AvgIpc) is 3.00. The molecule has 3 rings (SSSR count). The van der Waals surface area contributed by atoms with Gasteiger partial charge in [-0.15, -0.1) is 0 Å². The molecule has 0 radical (unpaired) electrons. The summed E-state index contributed by atoms with van der Waals surface area (Å²) in [5.74, 6) is 1.79. The molecule has 0 saturated carbocycles. The highest BCUT2D eigenvalue weighted by molar-refractivity contribution is 5.24. The fourth-order valence-electron chi connectivity index (χ4n) is 3.75. The Labute approximate surface area is 283 Å². The molecule has 2 heterocycles. The Morgan fingerprint density at radius 1 is 0.422 bits per heavy atom. The number of hydrogen-bond acceptors (Lipinski definition) is 2. The molecule has 0 bridgehead atoms. The van der Waals surface area contributed by atoms with E-state index in [1.165, 1.54) is 78.6 Å². The van der Waals surface area contributed by atoms with E-state index in [0.29, 0.717) is 17.8 Å². The molecular formula is C43H76N2. The molecule has 2 aromatic heterocycles. The Hall–Kier alpha value is -2.48. The molecule has 0 N–H and O–H groups in total. The summed E-state index contributed by atoms with van der Waals surface area (Å²) in [7, 11) is 0. The fraction of sp³-hybridized carbons (Fsp3) is 0.628. The molecule has 45 heavy (non-hydrogen) atoms. The van der Waals surface area contributed by atoms with Crippen molar-refractivity contribution in [3.8, 4) is 0 Å². The van der Waals surface area contributed by atoms with E-state index in [1.807, 2.05) is 12.4 Å². The molecule has 258 valence electrons. The first-order chi connectivity index (χ1) is 21.5. The molecule has 0 saturated heterocycles. The lowest BCUT2D eigenvalue weighted by Crippen LogP contribution is -1.93. The van der Waals surface area contributed by atoms with E-state index in [9.17, 15) is 0 Å². The van der Waals surface area contributed by atoms with Gasteiger partial charge < -0.3 is 0 Å². The van der Waals surface area contributed by atoms with Gasteiger partial charge in [0.25, 0.3) is 0 Å². The number of pyridine rings is 2. The van der Waals surface area contributed by atoms with Gasteiger partial charge in [-0.25, -0.2) is 0 Å². The normalized spacial score (nSPS) is 9.73. The van der Waals surface area contributed by atoms with Gasteiger partial charge in [0.2, 0.25) is 0 Å². The van der Waals surface area contributed by atoms with Gasteiger partial charge >= 0.3 is 0 Å². The zero-order valence-electron chi connectivity index (χ0n) is 32.8. The summed E-state index contributed by atoms with van der Waals surface area (Å²) in [6.07, 6.45) is 14.8. The lowest BCUT2D eigenvalue weighted by molar-refractivity contribution is 0.814. The van der Waals surface area contributed by atoms with Crippen LogP contribution < -0.4 is 0 Å². The summed E-state index contributed by atoms with van der Waals surface area (Å²) in [4.78, 5) is 8.79. The topological polar surface area (TPSA) is 25.8 Å². The van der Waals surface area contributed by atoms with E-state index in [1.54, 1.807) is 0 Å². The van der Waals surface area contributed by atoms with Crippen LogP contribution in [0.15, 0.2) is 60.9 Å². The molecule has 0 fully saturated rings. The molecule has 0 spiro atoms. The highest BCUT2D eigenvalue weighted by Crippen LogP contribution is 2.15. The minimum absolute atomic E-state index is 0.542. The van der Waals surface area contributed by atoms with Gasteiger partial charge in [0.1, 0.15) is 0 Å². The minimum atomic E-state index is 0.542. The van der Waals surface area contributed by atoms with E-state index in [4.69, 9.17) is 0 Å². The van der Waals surface area contributed by atoms with Gasteiger partial charge in [0, 0.05) is 23.8 Å². The summed E-state index contributed by atoms with van der Waals surface area (Å²) in [6.45, 7) is 32.5. The fourth-order valence-corrected chi connectivity index (χ4v) is 3.75. The summed E-state index contributed by atoms with van der Waals surface area (Å²) < 4.78 is 0. The van der Waals surface area contributed by atoms with Crippen LogP contribution in [0.5, 0.6) is 0 Å². The number of rotatable bonds is 9. The summed E-state index contributed by atoms with van der Waals surface area (Å²) in [6, 6.07) is 17.6. The molecule has 2 heteroatoms. The van der Waals surface area contributed by atoms with E-state index >= 15 is 0 Å². The van der Waals surface area contributed by atoms with Crippen molar-refractivity contribution in [1.82, 2.24) is 9.97 Å². The predicted octanol–water partition coefficient (Wildman–Crippen LogP) is 14.3. The Bertz CT molecular complexity index is 836. The van der Waals surface area contributed by atoms with Gasteiger partial charge in [0.15, 0.2) is 0 Å². The first-order valence-electron chi connectivity index (χ1n) is 18.4. The standard InChI is InChI=1S/C12H18.2C11H17N.3C3H8/c1-4-5-11-6-8-12(9-7-11)10(2)3;1-4-5-11-7-6-10(8-12-11)9(2)3;1-4-5-10-6-7-11(9(2)3)12-8-10;3*1-3-2/h6-10H,4-5H2,1-3H3;2*6-9H,4-5H2,1-3H3;3*3H2,1-2H3. The third-order valence-electron chi connectivity index (χ3n) is 6.18. The molecule has 3 aromatic rings. The molecule has 0 unspecified atom stereocenters. The third-order valence-corrected chi connectivity index (χ3v) is 6.18. The Morgan fingerprint density at radius 2 is 0.844 bits per heavy atom. The summed E-state index contributed by atoms with van der Waals surface area (Å²) >= 11 is 0. The van der Waals surface area contributed by atoms with E-state index in [-0.39, 0.29) is 0 Å². The van der Waals surface area contributed by atoms with E-state index in [0.717, 1.165) is 12.8 Å². The SMILES string of the molecule is CCC.CCC.CCC.CCCc1ccc(C(C)C)cc1.CCCc1ccc(C(C)C)cn1.CCCc1ccc(C(C)C)nc1. The lowest BCUT2D eigenvalue weighted by atomic mass is 10.0. The van der Waals surface area contributed by atoms with Gasteiger partial charge in [-0.05, 0) is 71.4 Å². The maximum absolute atomic E-state index is 4.40. The molecule has 0 aliphatic rings. The second kappa shape index (κ2) is 32.9. The number of benzene rings is 1. The lowest BCUT2D eigenvalue weighted by Gasteiger charge is -2.05. The van der Waals surface area contributed by atoms with Crippen molar-refractivity contribution in [3.05, 3.63) is 94.6 Å². The molecule has 1 aromatic carbocycles. The largest absolute Gasteiger partial charge is 0.261 e. The van der Waals surface area contributed by atoms with Gasteiger partial charge in [-0.1, -0.05) is 179 Å². The zero-order valence-corrected chi connectivity index (χ0v) is 32.8. The van der Waals surface area contributed by atoms with Crippen LogP contribution in [0.2, 0.25) is 0 Å². The first-order valence-corrected chi connectivity index (χ1v) is 18.4. The van der Waals surface area contributed by atoms with Crippen LogP contribution in [0.4, 0.5) is 0 Å². The highest BCUT2D eigenvalue weighted by atomic mass is 14.7. The third kappa shape index (κ3) is 27.5. The van der Waals surface area contributed by atoms with Crippen LogP contribution in [0.3, 0.4) is 0 Å². The average molecular weight is 621 g/mol. The van der Waals surface area contributed by atoms with Crippen molar-refractivity contribution in [1.29, 1.82) is 0 Å². The smallest absolute Gasteiger partial charge is 0.0429 e. The van der Waals surface area contributed by atoms with Crippen molar-refractivity contribution >= 4 is 0 Å². The van der Waals surface area contributed by atoms with Crippen molar-refractivity contribution in [2.24, 2.45) is 0 Å². The van der Waals surface area contributed by atoms with E-state index in [2.05, 4.69) is 162 Å². The minimum Gasteiger partial charge on any atom is -0.261 e. The Kier molecular flexibility index (Phi) is 34.3. The highest BCUT2D eigenvalue weighted by Gasteiger charge is 2.00. The van der Waals surface area contributed by atoms with Crippen molar-refractivity contribution in [2.45, 2.75) is 179 Å². The molecule has 0 aliphatic carbocycles. The monoisotopic (exact) mass is 621 g/mol. The van der Waals surface area contributed by atoms with Crippen LogP contribution >= 0.6 is 0 Å². The molecular weight excluding hydrogens is 544 g/mol. The molecule has 2 nitrogen and oxygen atoms in total. The van der Waals surface area contributed by atoms with Gasteiger partial charge in [0.05, 0.1) is 0 Å². The van der Waals surface area contributed by atoms with Gasteiger partial charge in [-0.3, -0.25) is 9.97 Å². The van der Waals surface area contributed by atoms with Crippen LogP contribution in [0.25, 0.3) is 0 Å². The van der Waals surface area contributed by atoms with Crippen LogP contribution in [0.1, 0.15) is 194 Å². The van der Waals surface area contributed by atoms with Crippen molar-refractivity contribution in [2.75, 3.05) is 0 Å². The molecule has 0 atom stereocenters. The first kappa shape index (κ1) is 46.9. The number of aryl methyl sites for hydroxylation is 3. The van der Waals surface area contributed by atoms with Crippen molar-refractivity contribution in [3.63, 3.8) is 0 Å². The number of hydrogen-bond donors (Lipinski definition) is 0. The van der Waals surface area contributed by atoms with Crippen LogP contribution in [-0.2, 0) is 19.3 Å². The Balaban J connectivity index is -0.000000518. The van der Waals surface area contributed by atoms with E-state index < -0.39 is 0 Å². The second-order valence-corrected chi connectivity index (χ2v) is 12.8. The molecule has 0 amide bonds. The predicted molar refractivity (Wildman–Crippen MR) is 207 cm³/mol. The summed E-state index contributed by atoms with van der Waals surface area (Å²) in [5, 5.41) is 0. The Morgan fingerprint density at radius 3 is 1.18 bits per heavy atom. The van der Waals surface area contributed by atoms with Crippen LogP contribution in [0, 0.1) is 0 Å². The summed E-state index contributed by atoms with van der Waals surface area (Å²) in [5.41, 5.74) is 7.98. The molecule has 0 aliphatic heterocycles. The quantitative estimate of drug-likeness (QED) is 0.238. The van der Waals surface area contributed by atoms with Gasteiger partial charge in [-0.2, -0.15) is 0 Å². The number of nitrogens with zero attached hydrogens (tertiary/aromatic N) is 2. The maximum atomic E-state index is 4.40. The van der Waals surface area contributed by atoms with Crippen molar-refractivity contribution < 1.29 is 0 Å². The second-order valence-electron chi connectivity index (χ2n) is 12.8. The number of aromatic nitrogens is 2.